The number of nitrogens with one attached hydrogen (secondary N) is 1. The topological polar surface area (TPSA) is 37.8 Å². The standard InChI is InChI=1S/C15H19N3S/c1-15(2)8-11(16-3)13-12(9-15)18-14(19-13)10-4-6-17-7-5-10/h4-7,11,16H,8-9H2,1-3H3. The fourth-order valence-corrected chi connectivity index (χ4v) is 3.98. The van der Waals surface area contributed by atoms with Gasteiger partial charge in [-0.25, -0.2) is 4.98 Å². The second-order valence-corrected chi connectivity index (χ2v) is 6.98. The van der Waals surface area contributed by atoms with E-state index in [2.05, 4.69) is 24.1 Å². The normalized spacial score (nSPS) is 21.1. The van der Waals surface area contributed by atoms with Crippen LogP contribution in [0.1, 0.15) is 36.9 Å². The van der Waals surface area contributed by atoms with Crippen LogP contribution in [0.15, 0.2) is 24.5 Å². The molecule has 4 heteroatoms. The molecule has 2 aromatic rings. The highest BCUT2D eigenvalue weighted by atomic mass is 32.1. The molecule has 0 aliphatic heterocycles. The molecule has 3 nitrogen and oxygen atoms in total. The third-order valence-electron chi connectivity index (χ3n) is 3.72. The van der Waals surface area contributed by atoms with Crippen LogP contribution in [-0.2, 0) is 6.42 Å². The first-order valence-corrected chi connectivity index (χ1v) is 7.48. The molecule has 1 aliphatic carbocycles. The van der Waals surface area contributed by atoms with Gasteiger partial charge in [-0.1, -0.05) is 13.8 Å². The Hall–Kier alpha value is -1.26. The Bertz CT molecular complexity index is 574. The summed E-state index contributed by atoms with van der Waals surface area (Å²) in [6, 6.07) is 4.50. The highest BCUT2D eigenvalue weighted by molar-refractivity contribution is 7.15. The fraction of sp³-hybridized carbons (Fsp3) is 0.467. The summed E-state index contributed by atoms with van der Waals surface area (Å²) < 4.78 is 0. The Morgan fingerprint density at radius 3 is 2.74 bits per heavy atom. The fourth-order valence-electron chi connectivity index (χ4n) is 2.78. The number of hydrogen-bond donors (Lipinski definition) is 1. The first-order valence-electron chi connectivity index (χ1n) is 6.66. The van der Waals surface area contributed by atoms with Crippen LogP contribution in [0.3, 0.4) is 0 Å². The first kappa shape index (κ1) is 12.8. The highest BCUT2D eigenvalue weighted by Gasteiger charge is 2.34. The van der Waals surface area contributed by atoms with Crippen molar-refractivity contribution in [3.63, 3.8) is 0 Å². The summed E-state index contributed by atoms with van der Waals surface area (Å²) in [6.07, 6.45) is 5.90. The van der Waals surface area contributed by atoms with Crippen molar-refractivity contribution in [2.45, 2.75) is 32.7 Å². The average molecular weight is 273 g/mol. The van der Waals surface area contributed by atoms with Gasteiger partial charge in [0, 0.05) is 28.9 Å². The van der Waals surface area contributed by atoms with E-state index in [1.54, 1.807) is 0 Å². The van der Waals surface area contributed by atoms with Crippen LogP contribution in [0.5, 0.6) is 0 Å². The van der Waals surface area contributed by atoms with Crippen LogP contribution in [-0.4, -0.2) is 17.0 Å². The Kier molecular flexibility index (Phi) is 3.15. The molecule has 0 saturated carbocycles. The van der Waals surface area contributed by atoms with Crippen molar-refractivity contribution in [1.82, 2.24) is 15.3 Å². The van der Waals surface area contributed by atoms with Crippen molar-refractivity contribution in [1.29, 1.82) is 0 Å². The van der Waals surface area contributed by atoms with E-state index < -0.39 is 0 Å². The Morgan fingerprint density at radius 1 is 1.32 bits per heavy atom. The van der Waals surface area contributed by atoms with Crippen LogP contribution >= 0.6 is 11.3 Å². The molecule has 100 valence electrons. The van der Waals surface area contributed by atoms with Crippen molar-refractivity contribution in [2.24, 2.45) is 5.41 Å². The van der Waals surface area contributed by atoms with Crippen molar-refractivity contribution in [3.05, 3.63) is 35.1 Å². The molecule has 1 atom stereocenters. The molecule has 0 spiro atoms. The van der Waals surface area contributed by atoms with Gasteiger partial charge in [-0.15, -0.1) is 11.3 Å². The van der Waals surface area contributed by atoms with Gasteiger partial charge in [0.25, 0.3) is 0 Å². The maximum Gasteiger partial charge on any atom is 0.124 e. The molecule has 0 aromatic carbocycles. The van der Waals surface area contributed by atoms with E-state index in [1.807, 2.05) is 42.9 Å². The minimum atomic E-state index is 0.324. The van der Waals surface area contributed by atoms with E-state index in [1.165, 1.54) is 22.6 Å². The second-order valence-electron chi connectivity index (χ2n) is 5.95. The minimum absolute atomic E-state index is 0.324. The Morgan fingerprint density at radius 2 is 2.05 bits per heavy atom. The van der Waals surface area contributed by atoms with Crippen molar-refractivity contribution in [3.8, 4) is 10.6 Å². The van der Waals surface area contributed by atoms with E-state index in [4.69, 9.17) is 4.98 Å². The summed E-state index contributed by atoms with van der Waals surface area (Å²) in [5, 5.41) is 4.55. The zero-order valence-electron chi connectivity index (χ0n) is 11.6. The van der Waals surface area contributed by atoms with Crippen LogP contribution in [0.2, 0.25) is 0 Å². The Labute approximate surface area is 118 Å². The largest absolute Gasteiger partial charge is 0.312 e. The zero-order valence-corrected chi connectivity index (χ0v) is 12.4. The lowest BCUT2D eigenvalue weighted by molar-refractivity contribution is 0.265. The number of pyridine rings is 1. The summed E-state index contributed by atoms with van der Waals surface area (Å²) in [5.41, 5.74) is 2.76. The number of thiazole rings is 1. The molecule has 0 saturated heterocycles. The molecule has 2 heterocycles. The van der Waals surface area contributed by atoms with E-state index >= 15 is 0 Å². The van der Waals surface area contributed by atoms with Gasteiger partial charge in [-0.3, -0.25) is 4.98 Å². The lowest BCUT2D eigenvalue weighted by Crippen LogP contribution is -2.30. The van der Waals surface area contributed by atoms with Gasteiger partial charge in [-0.05, 0) is 37.4 Å². The molecule has 0 bridgehead atoms. The summed E-state index contributed by atoms with van der Waals surface area (Å²) in [6.45, 7) is 4.65. The summed E-state index contributed by atoms with van der Waals surface area (Å²) in [5.74, 6) is 0. The van der Waals surface area contributed by atoms with Crippen LogP contribution in [0, 0.1) is 5.41 Å². The van der Waals surface area contributed by atoms with Crippen LogP contribution < -0.4 is 5.32 Å². The predicted molar refractivity (Wildman–Crippen MR) is 79.2 cm³/mol. The molecular weight excluding hydrogens is 254 g/mol. The summed E-state index contributed by atoms with van der Waals surface area (Å²) >= 11 is 1.82. The SMILES string of the molecule is CNC1CC(C)(C)Cc2nc(-c3ccncc3)sc21. The maximum atomic E-state index is 4.87. The van der Waals surface area contributed by atoms with Gasteiger partial charge in [0.05, 0.1) is 5.69 Å². The van der Waals surface area contributed by atoms with Gasteiger partial charge >= 0.3 is 0 Å². The molecule has 0 radical (unpaired) electrons. The lowest BCUT2D eigenvalue weighted by Gasteiger charge is -2.34. The molecule has 2 aromatic heterocycles. The lowest BCUT2D eigenvalue weighted by atomic mass is 9.76. The van der Waals surface area contributed by atoms with Gasteiger partial charge < -0.3 is 5.32 Å². The highest BCUT2D eigenvalue weighted by Crippen LogP contribution is 2.44. The van der Waals surface area contributed by atoms with Gasteiger partial charge in [0.15, 0.2) is 0 Å². The first-order chi connectivity index (χ1) is 9.09. The summed E-state index contributed by atoms with van der Waals surface area (Å²) in [7, 11) is 2.04. The Balaban J connectivity index is 2.03. The second kappa shape index (κ2) is 4.69. The third kappa shape index (κ3) is 2.42. The molecule has 0 amide bonds. The van der Waals surface area contributed by atoms with E-state index in [0.29, 0.717) is 11.5 Å². The average Bonchev–Trinajstić information content (AvgIpc) is 2.81. The quantitative estimate of drug-likeness (QED) is 0.911. The number of fused-ring (bicyclic) bond motifs is 1. The molecular formula is C15H19N3S. The maximum absolute atomic E-state index is 4.87. The molecule has 1 unspecified atom stereocenters. The van der Waals surface area contributed by atoms with Crippen LogP contribution in [0.4, 0.5) is 0 Å². The van der Waals surface area contributed by atoms with Crippen LogP contribution in [0.25, 0.3) is 10.6 Å². The van der Waals surface area contributed by atoms with E-state index in [9.17, 15) is 0 Å². The molecule has 19 heavy (non-hydrogen) atoms. The van der Waals surface area contributed by atoms with Crippen molar-refractivity contribution >= 4 is 11.3 Å². The van der Waals surface area contributed by atoms with Gasteiger partial charge in [0.1, 0.15) is 5.01 Å². The monoisotopic (exact) mass is 273 g/mol. The van der Waals surface area contributed by atoms with Crippen molar-refractivity contribution < 1.29 is 0 Å². The number of aromatic nitrogens is 2. The van der Waals surface area contributed by atoms with Gasteiger partial charge in [-0.2, -0.15) is 0 Å². The number of hydrogen-bond acceptors (Lipinski definition) is 4. The zero-order chi connectivity index (χ0) is 13.5. The number of rotatable bonds is 2. The minimum Gasteiger partial charge on any atom is -0.312 e. The summed E-state index contributed by atoms with van der Waals surface area (Å²) in [4.78, 5) is 10.3. The molecule has 1 aliphatic rings. The van der Waals surface area contributed by atoms with E-state index in [0.717, 1.165) is 11.4 Å². The van der Waals surface area contributed by atoms with Crippen molar-refractivity contribution in [2.75, 3.05) is 7.05 Å². The van der Waals surface area contributed by atoms with E-state index in [-0.39, 0.29) is 0 Å². The predicted octanol–water partition coefficient (Wildman–Crippen LogP) is 3.44. The number of nitrogens with zero attached hydrogens (tertiary/aromatic N) is 2. The molecule has 1 N–H and O–H groups in total. The van der Waals surface area contributed by atoms with Gasteiger partial charge in [0.2, 0.25) is 0 Å². The smallest absolute Gasteiger partial charge is 0.124 e. The third-order valence-corrected chi connectivity index (χ3v) is 4.98. The molecule has 3 rings (SSSR count). The molecule has 0 fully saturated rings.